The highest BCUT2D eigenvalue weighted by atomic mass is 16.2. The highest BCUT2D eigenvalue weighted by Gasteiger charge is 2.14. The average molecular weight is 363 g/mol. The van der Waals surface area contributed by atoms with Crippen LogP contribution in [-0.2, 0) is 24.8 Å². The van der Waals surface area contributed by atoms with Gasteiger partial charge in [-0.2, -0.15) is 5.10 Å². The van der Waals surface area contributed by atoms with Gasteiger partial charge in [-0.1, -0.05) is 36.4 Å². The van der Waals surface area contributed by atoms with Gasteiger partial charge in [0, 0.05) is 25.7 Å². The molecule has 1 aromatic carbocycles. The Hall–Kier alpha value is -3.48. The van der Waals surface area contributed by atoms with Crippen LogP contribution < -0.4 is 10.6 Å². The van der Waals surface area contributed by atoms with Gasteiger partial charge in [0.05, 0.1) is 12.2 Å². The first kappa shape index (κ1) is 18.3. The fraction of sp³-hybridized carbons (Fsp3) is 0.200. The van der Waals surface area contributed by atoms with Crippen LogP contribution in [0.25, 0.3) is 0 Å². The maximum atomic E-state index is 12.3. The number of nitrogens with one attached hydrogen (secondary N) is 2. The number of hydrogen-bond acceptors (Lipinski definition) is 4. The lowest BCUT2D eigenvalue weighted by Crippen LogP contribution is -2.23. The highest BCUT2D eigenvalue weighted by molar-refractivity contribution is 5.95. The van der Waals surface area contributed by atoms with Gasteiger partial charge in [0.2, 0.25) is 5.91 Å². The third-order valence-electron chi connectivity index (χ3n) is 4.02. The zero-order chi connectivity index (χ0) is 19.1. The number of hydrogen-bond donors (Lipinski definition) is 2. The third-order valence-corrected chi connectivity index (χ3v) is 4.02. The molecule has 0 unspecified atom stereocenters. The third kappa shape index (κ3) is 5.24. The summed E-state index contributed by atoms with van der Waals surface area (Å²) in [7, 11) is 1.68. The molecule has 3 rings (SSSR count). The van der Waals surface area contributed by atoms with Crippen LogP contribution in [0, 0.1) is 0 Å². The number of benzene rings is 1. The quantitative estimate of drug-likeness (QED) is 0.674. The van der Waals surface area contributed by atoms with Gasteiger partial charge in [-0.25, -0.2) is 0 Å². The monoisotopic (exact) mass is 363 g/mol. The molecule has 2 aromatic heterocycles. The number of pyridine rings is 1. The number of nitrogens with zero attached hydrogens (tertiary/aromatic N) is 3. The molecule has 138 valence electrons. The smallest absolute Gasteiger partial charge is 0.272 e. The molecule has 0 bridgehead atoms. The van der Waals surface area contributed by atoms with Crippen molar-refractivity contribution in [2.45, 2.75) is 19.4 Å². The van der Waals surface area contributed by atoms with Crippen LogP contribution >= 0.6 is 0 Å². The van der Waals surface area contributed by atoms with Crippen molar-refractivity contribution < 1.29 is 9.59 Å². The summed E-state index contributed by atoms with van der Waals surface area (Å²) in [6.07, 6.45) is 2.68. The summed E-state index contributed by atoms with van der Waals surface area (Å²) in [4.78, 5) is 28.6. The lowest BCUT2D eigenvalue weighted by molar-refractivity contribution is -0.116. The molecule has 2 heterocycles. The minimum atomic E-state index is -0.318. The topological polar surface area (TPSA) is 88.9 Å². The minimum absolute atomic E-state index is 0.123. The molecule has 7 nitrogen and oxygen atoms in total. The molecule has 0 spiro atoms. The molecule has 0 atom stereocenters. The van der Waals surface area contributed by atoms with Crippen molar-refractivity contribution in [3.63, 3.8) is 0 Å². The number of rotatable bonds is 7. The SMILES string of the molecule is Cn1nc(C(=O)NCc2ccccn2)cc1NC(=O)CCc1ccccc1. The van der Waals surface area contributed by atoms with Gasteiger partial charge in [-0.3, -0.25) is 19.3 Å². The van der Waals surface area contributed by atoms with Crippen LogP contribution in [0.5, 0.6) is 0 Å². The van der Waals surface area contributed by atoms with Gasteiger partial charge in [0.1, 0.15) is 5.82 Å². The molecular formula is C20H21N5O2. The van der Waals surface area contributed by atoms with E-state index in [1.54, 1.807) is 19.3 Å². The molecule has 0 aliphatic carbocycles. The zero-order valence-electron chi connectivity index (χ0n) is 15.1. The van der Waals surface area contributed by atoms with Crippen LogP contribution in [-0.4, -0.2) is 26.6 Å². The Labute approximate surface area is 157 Å². The second kappa shape index (κ2) is 8.75. The van der Waals surface area contributed by atoms with Crippen molar-refractivity contribution in [2.75, 3.05) is 5.32 Å². The van der Waals surface area contributed by atoms with Crippen molar-refractivity contribution in [2.24, 2.45) is 7.05 Å². The van der Waals surface area contributed by atoms with Crippen molar-refractivity contribution in [1.29, 1.82) is 0 Å². The number of aromatic nitrogens is 3. The Kier molecular flexibility index (Phi) is 5.94. The van der Waals surface area contributed by atoms with E-state index in [4.69, 9.17) is 0 Å². The number of carbonyl (C=O) groups is 2. The van der Waals surface area contributed by atoms with E-state index < -0.39 is 0 Å². The standard InChI is InChI=1S/C20H21N5O2/c1-25-18(23-19(26)11-10-15-7-3-2-4-8-15)13-17(24-25)20(27)22-14-16-9-5-6-12-21-16/h2-9,12-13H,10-11,14H2,1H3,(H,22,27)(H,23,26). The Balaban J connectivity index is 1.54. The first-order chi connectivity index (χ1) is 13.1. The van der Waals surface area contributed by atoms with E-state index in [0.717, 1.165) is 11.3 Å². The lowest BCUT2D eigenvalue weighted by atomic mass is 10.1. The summed E-state index contributed by atoms with van der Waals surface area (Å²) in [5.41, 5.74) is 2.11. The van der Waals surface area contributed by atoms with Crippen LogP contribution in [0.3, 0.4) is 0 Å². The molecule has 27 heavy (non-hydrogen) atoms. The Morgan fingerprint density at radius 2 is 1.85 bits per heavy atom. The van der Waals surface area contributed by atoms with E-state index in [1.165, 1.54) is 4.68 Å². The first-order valence-corrected chi connectivity index (χ1v) is 8.68. The molecule has 0 aliphatic rings. The highest BCUT2D eigenvalue weighted by Crippen LogP contribution is 2.11. The van der Waals surface area contributed by atoms with Gasteiger partial charge >= 0.3 is 0 Å². The van der Waals surface area contributed by atoms with Crippen LogP contribution in [0.15, 0.2) is 60.8 Å². The number of anilines is 1. The molecule has 2 amide bonds. The molecule has 0 saturated carbocycles. The van der Waals surface area contributed by atoms with Crippen molar-refractivity contribution >= 4 is 17.6 Å². The van der Waals surface area contributed by atoms with Crippen molar-refractivity contribution in [3.05, 3.63) is 77.7 Å². The molecule has 2 N–H and O–H groups in total. The van der Waals surface area contributed by atoms with Crippen LogP contribution in [0.2, 0.25) is 0 Å². The summed E-state index contributed by atoms with van der Waals surface area (Å²) in [5, 5.41) is 9.73. The van der Waals surface area contributed by atoms with Crippen LogP contribution in [0.4, 0.5) is 5.82 Å². The molecule has 7 heteroatoms. The molecule has 0 radical (unpaired) electrons. The number of carbonyl (C=O) groups excluding carboxylic acids is 2. The molecule has 0 fully saturated rings. The lowest BCUT2D eigenvalue weighted by Gasteiger charge is -2.05. The average Bonchev–Trinajstić information content (AvgIpc) is 3.06. The largest absolute Gasteiger partial charge is 0.345 e. The van der Waals surface area contributed by atoms with E-state index in [-0.39, 0.29) is 17.5 Å². The summed E-state index contributed by atoms with van der Waals surface area (Å²) >= 11 is 0. The molecule has 3 aromatic rings. The van der Waals surface area contributed by atoms with E-state index in [2.05, 4.69) is 20.7 Å². The summed E-state index contributed by atoms with van der Waals surface area (Å²) < 4.78 is 1.48. The van der Waals surface area contributed by atoms with Gasteiger partial charge < -0.3 is 10.6 Å². The van der Waals surface area contributed by atoms with Crippen molar-refractivity contribution in [1.82, 2.24) is 20.1 Å². The second-order valence-corrected chi connectivity index (χ2v) is 6.08. The normalized spacial score (nSPS) is 10.4. The Morgan fingerprint density at radius 1 is 1.07 bits per heavy atom. The predicted molar refractivity (Wildman–Crippen MR) is 102 cm³/mol. The maximum Gasteiger partial charge on any atom is 0.272 e. The number of aryl methyl sites for hydroxylation is 2. The molecule has 0 aliphatic heterocycles. The van der Waals surface area contributed by atoms with Crippen molar-refractivity contribution in [3.8, 4) is 0 Å². The predicted octanol–water partition coefficient (Wildman–Crippen LogP) is 2.32. The first-order valence-electron chi connectivity index (χ1n) is 8.68. The maximum absolute atomic E-state index is 12.3. The zero-order valence-corrected chi connectivity index (χ0v) is 15.1. The van der Waals surface area contributed by atoms with E-state index in [9.17, 15) is 9.59 Å². The molecule has 0 saturated heterocycles. The van der Waals surface area contributed by atoms with Gasteiger partial charge in [-0.15, -0.1) is 0 Å². The van der Waals surface area contributed by atoms with E-state index >= 15 is 0 Å². The second-order valence-electron chi connectivity index (χ2n) is 6.08. The summed E-state index contributed by atoms with van der Waals surface area (Å²) in [5.74, 6) is 0.0411. The van der Waals surface area contributed by atoms with Gasteiger partial charge in [0.25, 0.3) is 5.91 Å². The summed E-state index contributed by atoms with van der Waals surface area (Å²) in [6.45, 7) is 0.314. The van der Waals surface area contributed by atoms with Gasteiger partial charge in [0.15, 0.2) is 5.69 Å². The van der Waals surface area contributed by atoms with E-state index in [0.29, 0.717) is 25.2 Å². The minimum Gasteiger partial charge on any atom is -0.345 e. The number of amides is 2. The van der Waals surface area contributed by atoms with E-state index in [1.807, 2.05) is 48.5 Å². The molecular weight excluding hydrogens is 342 g/mol. The Morgan fingerprint density at radius 3 is 2.59 bits per heavy atom. The fourth-order valence-corrected chi connectivity index (χ4v) is 2.57. The fourth-order valence-electron chi connectivity index (χ4n) is 2.57. The Bertz CT molecular complexity index is 907. The summed E-state index contributed by atoms with van der Waals surface area (Å²) in [6, 6.07) is 16.9. The van der Waals surface area contributed by atoms with Crippen LogP contribution in [0.1, 0.15) is 28.2 Å². The van der Waals surface area contributed by atoms with Gasteiger partial charge in [-0.05, 0) is 24.1 Å².